The van der Waals surface area contributed by atoms with Crippen LogP contribution in [0.1, 0.15) is 27.7 Å². The molecule has 0 unspecified atom stereocenters. The van der Waals surface area contributed by atoms with Gasteiger partial charge in [-0.1, -0.05) is 12.1 Å². The number of non-ortho nitro benzene ring substituents is 1. The zero-order valence-corrected chi connectivity index (χ0v) is 21.8. The predicted molar refractivity (Wildman–Crippen MR) is 145 cm³/mol. The molecule has 0 aliphatic heterocycles. The Morgan fingerprint density at radius 2 is 2.03 bits per heavy atom. The largest absolute Gasteiger partial charge is 0.490 e. The van der Waals surface area contributed by atoms with E-state index in [9.17, 15) is 19.3 Å². The van der Waals surface area contributed by atoms with E-state index in [1.807, 2.05) is 13.0 Å². The van der Waals surface area contributed by atoms with Crippen molar-refractivity contribution in [3.8, 4) is 11.5 Å². The van der Waals surface area contributed by atoms with Crippen molar-refractivity contribution in [3.05, 3.63) is 96.2 Å². The summed E-state index contributed by atoms with van der Waals surface area (Å²) < 4.78 is 26.6. The van der Waals surface area contributed by atoms with Gasteiger partial charge in [0.2, 0.25) is 0 Å². The van der Waals surface area contributed by atoms with Crippen molar-refractivity contribution in [2.45, 2.75) is 13.5 Å². The molecule has 1 heterocycles. The molecule has 1 N–H and O–H groups in total. The Bertz CT molecular complexity index is 1470. The number of hydrogen-bond donors (Lipinski definition) is 1. The van der Waals surface area contributed by atoms with Crippen LogP contribution in [0.3, 0.4) is 0 Å². The van der Waals surface area contributed by atoms with E-state index in [1.54, 1.807) is 30.3 Å². The molecule has 8 nitrogen and oxygen atoms in total. The Labute approximate surface area is 223 Å². The number of carbonyl (C=O) groups is 1. The molecule has 184 valence electrons. The van der Waals surface area contributed by atoms with Crippen LogP contribution in [0.5, 0.6) is 11.5 Å². The fraction of sp³-hybridized carbons (Fsp3) is 0.120. The minimum absolute atomic E-state index is 0.0339. The first kappa shape index (κ1) is 25.5. The summed E-state index contributed by atoms with van der Waals surface area (Å²) in [6.45, 7) is 2.44. The molecule has 1 amide bonds. The van der Waals surface area contributed by atoms with Crippen LogP contribution in [0.2, 0.25) is 0 Å². The van der Waals surface area contributed by atoms with Crippen LogP contribution in [0, 0.1) is 19.5 Å². The maximum absolute atomic E-state index is 13.5. The van der Waals surface area contributed by atoms with E-state index in [4.69, 9.17) is 9.47 Å². The van der Waals surface area contributed by atoms with Gasteiger partial charge >= 0.3 is 0 Å². The number of halogens is 2. The standard InChI is InChI=1S/C25H19FIN3O5S/c1-2-34-21-10-16(9-20(27)24(21)35-14-15-4-3-5-18(26)8-15)13-28-29-25(31)23-12-17-11-19(30(32)33)6-7-22(17)36-23/h3-13H,2,14H2,1H3,(H,29,31)/b28-13-. The van der Waals surface area contributed by atoms with Gasteiger partial charge in [0.05, 0.1) is 26.2 Å². The summed E-state index contributed by atoms with van der Waals surface area (Å²) >= 11 is 3.34. The average Bonchev–Trinajstić information content (AvgIpc) is 3.27. The number of nitro benzene ring substituents is 1. The topological polar surface area (TPSA) is 103 Å². The Morgan fingerprint density at radius 1 is 1.19 bits per heavy atom. The van der Waals surface area contributed by atoms with Crippen LogP contribution in [-0.4, -0.2) is 23.7 Å². The molecule has 0 fully saturated rings. The van der Waals surface area contributed by atoms with Crippen LogP contribution in [-0.2, 0) is 6.61 Å². The van der Waals surface area contributed by atoms with Crippen LogP contribution in [0.25, 0.3) is 10.1 Å². The second kappa shape index (κ2) is 11.4. The first-order chi connectivity index (χ1) is 17.3. The molecule has 11 heteroatoms. The van der Waals surface area contributed by atoms with Gasteiger partial charge < -0.3 is 9.47 Å². The van der Waals surface area contributed by atoms with Gasteiger partial charge in [0.15, 0.2) is 11.5 Å². The molecule has 0 aliphatic rings. The summed E-state index contributed by atoms with van der Waals surface area (Å²) in [5, 5.41) is 15.6. The highest BCUT2D eigenvalue weighted by atomic mass is 127. The second-order valence-corrected chi connectivity index (χ2v) is 9.72. The molecule has 0 spiro atoms. The fourth-order valence-electron chi connectivity index (χ4n) is 3.32. The number of benzene rings is 3. The zero-order chi connectivity index (χ0) is 25.7. The minimum atomic E-state index is -0.475. The monoisotopic (exact) mass is 619 g/mol. The third kappa shape index (κ3) is 6.15. The summed E-state index contributed by atoms with van der Waals surface area (Å²) in [6.07, 6.45) is 1.48. The summed E-state index contributed by atoms with van der Waals surface area (Å²) in [5.41, 5.74) is 3.81. The van der Waals surface area contributed by atoms with Crippen molar-refractivity contribution in [1.29, 1.82) is 0 Å². The quantitative estimate of drug-likeness (QED) is 0.103. The van der Waals surface area contributed by atoms with Gasteiger partial charge in [-0.25, -0.2) is 9.82 Å². The first-order valence-corrected chi connectivity index (χ1v) is 12.6. The number of thiophene rings is 1. The summed E-state index contributed by atoms with van der Waals surface area (Å²) in [7, 11) is 0. The maximum Gasteiger partial charge on any atom is 0.281 e. The number of rotatable bonds is 9. The lowest BCUT2D eigenvalue weighted by molar-refractivity contribution is -0.384. The highest BCUT2D eigenvalue weighted by Crippen LogP contribution is 2.34. The summed E-state index contributed by atoms with van der Waals surface area (Å²) in [6, 6.07) is 15.8. The van der Waals surface area contributed by atoms with Gasteiger partial charge in [-0.15, -0.1) is 11.3 Å². The fourth-order valence-corrected chi connectivity index (χ4v) is 5.04. The average molecular weight is 619 g/mol. The number of nitrogens with one attached hydrogen (secondary N) is 1. The number of carbonyl (C=O) groups excluding carboxylic acids is 1. The Kier molecular flexibility index (Phi) is 8.10. The molecule has 0 radical (unpaired) electrons. The molecular formula is C25H19FIN3O5S. The van der Waals surface area contributed by atoms with Crippen LogP contribution in [0.4, 0.5) is 10.1 Å². The lowest BCUT2D eigenvalue weighted by Crippen LogP contribution is -2.16. The van der Waals surface area contributed by atoms with Gasteiger partial charge in [0, 0.05) is 22.2 Å². The molecule has 1 aromatic heterocycles. The van der Waals surface area contributed by atoms with E-state index in [0.29, 0.717) is 39.5 Å². The molecule has 0 bridgehead atoms. The van der Waals surface area contributed by atoms with E-state index >= 15 is 0 Å². The minimum Gasteiger partial charge on any atom is -0.490 e. The van der Waals surface area contributed by atoms with Gasteiger partial charge in [-0.3, -0.25) is 14.9 Å². The van der Waals surface area contributed by atoms with Crippen LogP contribution >= 0.6 is 33.9 Å². The molecule has 36 heavy (non-hydrogen) atoms. The molecule has 0 aliphatic carbocycles. The maximum atomic E-state index is 13.5. The van der Waals surface area contributed by atoms with E-state index in [0.717, 1.165) is 8.27 Å². The van der Waals surface area contributed by atoms with Crippen molar-refractivity contribution >= 4 is 61.8 Å². The number of ether oxygens (including phenoxy) is 2. The van der Waals surface area contributed by atoms with Crippen molar-refractivity contribution in [3.63, 3.8) is 0 Å². The van der Waals surface area contributed by atoms with E-state index in [2.05, 4.69) is 33.1 Å². The van der Waals surface area contributed by atoms with Crippen molar-refractivity contribution in [2.75, 3.05) is 6.61 Å². The molecule has 0 atom stereocenters. The molecular weight excluding hydrogens is 600 g/mol. The third-order valence-electron chi connectivity index (χ3n) is 4.92. The van der Waals surface area contributed by atoms with Crippen molar-refractivity contribution in [2.24, 2.45) is 5.10 Å². The Hall–Kier alpha value is -3.58. The van der Waals surface area contributed by atoms with E-state index in [-0.39, 0.29) is 18.1 Å². The summed E-state index contributed by atoms with van der Waals surface area (Å²) in [5.74, 6) is 0.272. The van der Waals surface area contributed by atoms with Gasteiger partial charge in [0.1, 0.15) is 12.4 Å². The first-order valence-electron chi connectivity index (χ1n) is 10.7. The number of nitrogens with zero attached hydrogens (tertiary/aromatic N) is 2. The number of amides is 1. The molecule has 0 saturated carbocycles. The second-order valence-electron chi connectivity index (χ2n) is 7.47. The molecule has 4 rings (SSSR count). The molecule has 0 saturated heterocycles. The highest BCUT2D eigenvalue weighted by molar-refractivity contribution is 14.1. The highest BCUT2D eigenvalue weighted by Gasteiger charge is 2.14. The third-order valence-corrected chi connectivity index (χ3v) is 6.83. The normalized spacial score (nSPS) is 11.1. The number of fused-ring (bicyclic) bond motifs is 1. The van der Waals surface area contributed by atoms with Crippen LogP contribution < -0.4 is 14.9 Å². The van der Waals surface area contributed by atoms with Crippen LogP contribution in [0.15, 0.2) is 65.8 Å². The smallest absolute Gasteiger partial charge is 0.281 e. The zero-order valence-electron chi connectivity index (χ0n) is 18.9. The van der Waals surface area contributed by atoms with Gasteiger partial charge in [-0.2, -0.15) is 5.10 Å². The number of nitro groups is 1. The Morgan fingerprint density at radius 3 is 2.78 bits per heavy atom. The summed E-state index contributed by atoms with van der Waals surface area (Å²) in [4.78, 5) is 23.4. The lowest BCUT2D eigenvalue weighted by Gasteiger charge is -2.14. The molecule has 3 aromatic carbocycles. The number of hydrogen-bond acceptors (Lipinski definition) is 7. The predicted octanol–water partition coefficient (Wildman–Crippen LogP) is 6.29. The van der Waals surface area contributed by atoms with Crippen molar-refractivity contribution < 1.29 is 23.6 Å². The SMILES string of the molecule is CCOc1cc(/C=N\NC(=O)c2cc3cc([N+](=O)[O-])ccc3s2)cc(I)c1OCc1cccc(F)c1. The van der Waals surface area contributed by atoms with Crippen molar-refractivity contribution in [1.82, 2.24) is 5.43 Å². The number of hydrazone groups is 1. The van der Waals surface area contributed by atoms with E-state index in [1.165, 1.54) is 41.8 Å². The van der Waals surface area contributed by atoms with E-state index < -0.39 is 10.8 Å². The Balaban J connectivity index is 1.46. The lowest BCUT2D eigenvalue weighted by atomic mass is 10.2. The molecule has 4 aromatic rings. The van der Waals surface area contributed by atoms with Gasteiger partial charge in [0.25, 0.3) is 11.6 Å². The van der Waals surface area contributed by atoms with Gasteiger partial charge in [-0.05, 0) is 77.0 Å².